The molecule has 0 spiro atoms. The molecule has 0 bridgehead atoms. The summed E-state index contributed by atoms with van der Waals surface area (Å²) in [6.45, 7) is 14.7. The molecule has 0 unspecified atom stereocenters. The first-order valence-corrected chi connectivity index (χ1v) is 7.67. The minimum absolute atomic E-state index is 0.0826. The molecule has 0 heterocycles. The molecule has 0 atom stereocenters. The average Bonchev–Trinajstić information content (AvgIpc) is 2.35. The zero-order chi connectivity index (χ0) is 15.4. The van der Waals surface area contributed by atoms with E-state index in [1.807, 2.05) is 18.2 Å². The largest absolute Gasteiger partial charge is 0.493 e. The van der Waals surface area contributed by atoms with Crippen LogP contribution in [0.5, 0.6) is 5.75 Å². The van der Waals surface area contributed by atoms with E-state index in [0.29, 0.717) is 6.61 Å². The lowest BCUT2D eigenvalue weighted by Gasteiger charge is -2.30. The number of hydrogen-bond donors (Lipinski definition) is 1. The summed E-state index contributed by atoms with van der Waals surface area (Å²) in [6, 6.07) is 5.89. The Bertz CT molecular complexity index is 435. The van der Waals surface area contributed by atoms with Crippen molar-refractivity contribution in [2.75, 3.05) is 13.2 Å². The number of benzene rings is 1. The third-order valence-corrected chi connectivity index (χ3v) is 3.49. The Kier molecular flexibility index (Phi) is 5.91. The second-order valence-corrected chi connectivity index (χ2v) is 7.57. The Morgan fingerprint density at radius 3 is 2.35 bits per heavy atom. The minimum Gasteiger partial charge on any atom is -0.493 e. The second kappa shape index (κ2) is 6.82. The first-order chi connectivity index (χ1) is 9.13. The molecule has 1 aromatic carbocycles. The maximum Gasteiger partial charge on any atom is 0.119 e. The third-order valence-electron chi connectivity index (χ3n) is 3.12. The van der Waals surface area contributed by atoms with E-state index in [9.17, 15) is 0 Å². The van der Waals surface area contributed by atoms with Gasteiger partial charge < -0.3 is 10.1 Å². The molecular formula is C17H28ClNO. The van der Waals surface area contributed by atoms with E-state index in [4.69, 9.17) is 16.3 Å². The summed E-state index contributed by atoms with van der Waals surface area (Å²) in [5.41, 5.74) is 1.35. The monoisotopic (exact) mass is 297 g/mol. The predicted molar refractivity (Wildman–Crippen MR) is 87.9 cm³/mol. The standard InChI is InChI=1S/C17H28ClNO/c1-7-13-10-14(8-9-15(13)18)20-12-17(5,6)11-19-16(2,3)4/h8-10,19H,7,11-12H2,1-6H3. The molecule has 1 rings (SSSR count). The van der Waals surface area contributed by atoms with Gasteiger partial charge in [-0.05, 0) is 51.0 Å². The number of nitrogens with one attached hydrogen (secondary N) is 1. The van der Waals surface area contributed by atoms with E-state index in [1.165, 1.54) is 0 Å². The zero-order valence-electron chi connectivity index (χ0n) is 13.6. The maximum absolute atomic E-state index is 6.12. The van der Waals surface area contributed by atoms with Gasteiger partial charge in [-0.15, -0.1) is 0 Å². The zero-order valence-corrected chi connectivity index (χ0v) is 14.4. The van der Waals surface area contributed by atoms with Crippen LogP contribution in [0.2, 0.25) is 5.02 Å². The number of hydrogen-bond acceptors (Lipinski definition) is 2. The van der Waals surface area contributed by atoms with Gasteiger partial charge in [0.2, 0.25) is 0 Å². The summed E-state index contributed by atoms with van der Waals surface area (Å²) in [5.74, 6) is 0.898. The van der Waals surface area contributed by atoms with Crippen molar-refractivity contribution in [3.8, 4) is 5.75 Å². The topological polar surface area (TPSA) is 21.3 Å². The fraction of sp³-hybridized carbons (Fsp3) is 0.647. The summed E-state index contributed by atoms with van der Waals surface area (Å²) >= 11 is 6.12. The molecule has 0 amide bonds. The van der Waals surface area contributed by atoms with Crippen LogP contribution in [0, 0.1) is 5.41 Å². The highest BCUT2D eigenvalue weighted by Gasteiger charge is 2.22. The second-order valence-electron chi connectivity index (χ2n) is 7.16. The van der Waals surface area contributed by atoms with Crippen LogP contribution in [0.3, 0.4) is 0 Å². The SMILES string of the molecule is CCc1cc(OCC(C)(C)CNC(C)(C)C)ccc1Cl. The Balaban J connectivity index is 2.57. The highest BCUT2D eigenvalue weighted by atomic mass is 35.5. The first kappa shape index (κ1) is 17.3. The lowest BCUT2D eigenvalue weighted by molar-refractivity contribution is 0.165. The molecule has 0 aliphatic rings. The Labute approximate surface area is 128 Å². The third kappa shape index (κ3) is 6.15. The van der Waals surface area contributed by atoms with Crippen LogP contribution in [0.25, 0.3) is 0 Å². The van der Waals surface area contributed by atoms with E-state index in [-0.39, 0.29) is 11.0 Å². The van der Waals surface area contributed by atoms with Crippen LogP contribution >= 0.6 is 11.6 Å². The highest BCUT2D eigenvalue weighted by Crippen LogP contribution is 2.24. The lowest BCUT2D eigenvalue weighted by Crippen LogP contribution is -2.43. The molecule has 0 radical (unpaired) electrons. The smallest absolute Gasteiger partial charge is 0.119 e. The van der Waals surface area contributed by atoms with Crippen molar-refractivity contribution in [3.63, 3.8) is 0 Å². The molecule has 114 valence electrons. The molecule has 1 N–H and O–H groups in total. The van der Waals surface area contributed by atoms with Gasteiger partial charge in [-0.1, -0.05) is 32.4 Å². The van der Waals surface area contributed by atoms with Crippen LogP contribution in [0.15, 0.2) is 18.2 Å². The highest BCUT2D eigenvalue weighted by molar-refractivity contribution is 6.31. The van der Waals surface area contributed by atoms with Crippen molar-refractivity contribution in [2.24, 2.45) is 5.41 Å². The summed E-state index contributed by atoms with van der Waals surface area (Å²) in [7, 11) is 0. The van der Waals surface area contributed by atoms with Gasteiger partial charge in [-0.25, -0.2) is 0 Å². The molecule has 2 nitrogen and oxygen atoms in total. The van der Waals surface area contributed by atoms with Gasteiger partial charge in [0, 0.05) is 22.5 Å². The Morgan fingerprint density at radius 1 is 1.15 bits per heavy atom. The molecule has 0 saturated heterocycles. The van der Waals surface area contributed by atoms with Crippen molar-refractivity contribution in [2.45, 2.75) is 53.5 Å². The summed E-state index contributed by atoms with van der Waals surface area (Å²) in [5, 5.41) is 4.34. The fourth-order valence-electron chi connectivity index (χ4n) is 1.75. The van der Waals surface area contributed by atoms with Crippen molar-refractivity contribution in [1.82, 2.24) is 5.32 Å². The molecule has 0 saturated carbocycles. The van der Waals surface area contributed by atoms with Crippen LogP contribution in [0.1, 0.15) is 47.1 Å². The molecule has 0 aliphatic carbocycles. The Hall–Kier alpha value is -0.730. The first-order valence-electron chi connectivity index (χ1n) is 7.29. The minimum atomic E-state index is 0.0826. The van der Waals surface area contributed by atoms with E-state index in [0.717, 1.165) is 29.3 Å². The molecule has 0 aromatic heterocycles. The molecule has 20 heavy (non-hydrogen) atoms. The summed E-state index contributed by atoms with van der Waals surface area (Å²) in [4.78, 5) is 0. The van der Waals surface area contributed by atoms with Gasteiger partial charge >= 0.3 is 0 Å². The van der Waals surface area contributed by atoms with Crippen molar-refractivity contribution >= 4 is 11.6 Å². The number of aryl methyl sites for hydroxylation is 1. The van der Waals surface area contributed by atoms with Crippen LogP contribution < -0.4 is 10.1 Å². The normalized spacial score (nSPS) is 12.6. The van der Waals surface area contributed by atoms with Crippen LogP contribution in [0.4, 0.5) is 0 Å². The number of ether oxygens (including phenoxy) is 1. The van der Waals surface area contributed by atoms with E-state index in [2.05, 4.69) is 46.9 Å². The van der Waals surface area contributed by atoms with Gasteiger partial charge in [0.1, 0.15) is 5.75 Å². The van der Waals surface area contributed by atoms with Crippen molar-refractivity contribution in [1.29, 1.82) is 0 Å². The van der Waals surface area contributed by atoms with Crippen molar-refractivity contribution < 1.29 is 4.74 Å². The van der Waals surface area contributed by atoms with E-state index >= 15 is 0 Å². The van der Waals surface area contributed by atoms with Gasteiger partial charge in [-0.3, -0.25) is 0 Å². The number of halogens is 1. The van der Waals surface area contributed by atoms with E-state index < -0.39 is 0 Å². The molecule has 3 heteroatoms. The molecule has 1 aromatic rings. The predicted octanol–water partition coefficient (Wildman–Crippen LogP) is 4.70. The van der Waals surface area contributed by atoms with E-state index in [1.54, 1.807) is 0 Å². The van der Waals surface area contributed by atoms with Crippen molar-refractivity contribution in [3.05, 3.63) is 28.8 Å². The Morgan fingerprint density at radius 2 is 1.80 bits per heavy atom. The molecule has 0 aliphatic heterocycles. The van der Waals surface area contributed by atoms with Gasteiger partial charge in [0.25, 0.3) is 0 Å². The fourth-order valence-corrected chi connectivity index (χ4v) is 2.00. The molecular weight excluding hydrogens is 270 g/mol. The van der Waals surface area contributed by atoms with Gasteiger partial charge in [0.15, 0.2) is 0 Å². The maximum atomic E-state index is 6.12. The lowest BCUT2D eigenvalue weighted by atomic mass is 9.93. The average molecular weight is 298 g/mol. The van der Waals surface area contributed by atoms with Crippen LogP contribution in [-0.2, 0) is 6.42 Å². The number of rotatable bonds is 6. The summed E-state index contributed by atoms with van der Waals surface area (Å²) < 4.78 is 5.93. The van der Waals surface area contributed by atoms with Gasteiger partial charge in [0.05, 0.1) is 6.61 Å². The van der Waals surface area contributed by atoms with Crippen LogP contribution in [-0.4, -0.2) is 18.7 Å². The summed E-state index contributed by atoms with van der Waals surface area (Å²) in [6.07, 6.45) is 0.922. The quantitative estimate of drug-likeness (QED) is 0.822. The van der Waals surface area contributed by atoms with Gasteiger partial charge in [-0.2, -0.15) is 0 Å². The molecule has 0 fully saturated rings.